The molecule has 1 saturated heterocycles. The fourth-order valence-corrected chi connectivity index (χ4v) is 4.46. The van der Waals surface area contributed by atoms with Crippen molar-refractivity contribution in [3.63, 3.8) is 0 Å². The maximum atomic E-state index is 14.1. The number of halogens is 2. The summed E-state index contributed by atoms with van der Waals surface area (Å²) in [4.78, 5) is 6.33. The molecule has 9 heteroatoms. The predicted molar refractivity (Wildman–Crippen MR) is 122 cm³/mol. The number of piperidine rings is 1. The topological polar surface area (TPSA) is 80.6 Å². The molecule has 0 amide bonds. The van der Waals surface area contributed by atoms with Crippen LogP contribution in [0.4, 0.5) is 14.6 Å². The second-order valence-electron chi connectivity index (χ2n) is 8.84. The van der Waals surface area contributed by atoms with Crippen molar-refractivity contribution in [1.29, 1.82) is 0 Å². The Balaban J connectivity index is 1.72. The van der Waals surface area contributed by atoms with Gasteiger partial charge < -0.3 is 19.5 Å². The smallest absolute Gasteiger partial charge is 0.267 e. The van der Waals surface area contributed by atoms with Crippen molar-refractivity contribution in [3.8, 4) is 22.6 Å². The number of aromatic nitrogens is 3. The number of methoxy groups -OCH3 is 2. The molecule has 33 heavy (non-hydrogen) atoms. The number of aliphatic hydroxyl groups is 1. The Bertz CT molecular complexity index is 1140. The summed E-state index contributed by atoms with van der Waals surface area (Å²) in [6.07, 6.45) is 1.88. The molecule has 1 aliphatic heterocycles. The summed E-state index contributed by atoms with van der Waals surface area (Å²) in [5, 5.41) is 19.2. The van der Waals surface area contributed by atoms with Crippen LogP contribution >= 0.6 is 0 Å². The van der Waals surface area contributed by atoms with Gasteiger partial charge in [0.05, 0.1) is 37.1 Å². The van der Waals surface area contributed by atoms with Crippen LogP contribution in [0.2, 0.25) is 0 Å². The molecule has 0 atom stereocenters. The summed E-state index contributed by atoms with van der Waals surface area (Å²) in [7, 11) is 3.06. The van der Waals surface area contributed by atoms with E-state index in [-0.39, 0.29) is 17.3 Å². The third-order valence-corrected chi connectivity index (χ3v) is 6.38. The molecule has 0 radical (unpaired) electrons. The first-order valence-corrected chi connectivity index (χ1v) is 10.9. The number of pyridine rings is 1. The first kappa shape index (κ1) is 23.1. The number of fused-ring (bicyclic) bond motifs is 1. The highest BCUT2D eigenvalue weighted by molar-refractivity contribution is 5.95. The molecule has 176 valence electrons. The van der Waals surface area contributed by atoms with Gasteiger partial charge >= 0.3 is 0 Å². The molecule has 2 aromatic heterocycles. The number of hydrogen-bond donors (Lipinski definition) is 1. The van der Waals surface area contributed by atoms with E-state index in [1.54, 1.807) is 32.2 Å². The zero-order chi connectivity index (χ0) is 23.8. The second-order valence-corrected chi connectivity index (χ2v) is 8.84. The quantitative estimate of drug-likeness (QED) is 0.577. The minimum Gasteiger partial charge on any atom is -0.493 e. The molecule has 4 rings (SSSR count). The Kier molecular flexibility index (Phi) is 6.34. The Morgan fingerprint density at radius 3 is 2.33 bits per heavy atom. The molecule has 1 aliphatic rings. The van der Waals surface area contributed by atoms with E-state index in [1.165, 1.54) is 26.5 Å². The average molecular weight is 459 g/mol. The lowest BCUT2D eigenvalue weighted by Gasteiger charge is -2.38. The van der Waals surface area contributed by atoms with Crippen molar-refractivity contribution in [3.05, 3.63) is 36.2 Å². The van der Waals surface area contributed by atoms with Gasteiger partial charge in [-0.05, 0) is 44.7 Å². The summed E-state index contributed by atoms with van der Waals surface area (Å²) < 4.78 is 38.9. The van der Waals surface area contributed by atoms with Crippen molar-refractivity contribution in [2.24, 2.45) is 5.92 Å². The van der Waals surface area contributed by atoms with Gasteiger partial charge in [-0.1, -0.05) is 0 Å². The van der Waals surface area contributed by atoms with Crippen molar-refractivity contribution in [1.82, 2.24) is 15.2 Å². The number of ether oxygens (including phenoxy) is 2. The highest BCUT2D eigenvalue weighted by Crippen LogP contribution is 2.39. The van der Waals surface area contributed by atoms with E-state index in [0.717, 1.165) is 12.8 Å². The van der Waals surface area contributed by atoms with Crippen LogP contribution in [0.15, 0.2) is 30.6 Å². The van der Waals surface area contributed by atoms with Crippen LogP contribution in [-0.4, -0.2) is 53.2 Å². The van der Waals surface area contributed by atoms with E-state index in [1.807, 2.05) is 4.90 Å². The molecule has 0 bridgehead atoms. The lowest BCUT2D eigenvalue weighted by molar-refractivity contribution is 0.00638. The fraction of sp³-hybridized carbons (Fsp3) is 0.458. The third-order valence-electron chi connectivity index (χ3n) is 6.38. The van der Waals surface area contributed by atoms with Crippen LogP contribution in [0, 0.1) is 5.92 Å². The number of anilines is 1. The van der Waals surface area contributed by atoms with Gasteiger partial charge in [-0.3, -0.25) is 0 Å². The van der Waals surface area contributed by atoms with Gasteiger partial charge in [-0.25, -0.2) is 13.8 Å². The van der Waals surface area contributed by atoms with Gasteiger partial charge in [-0.15, -0.1) is 0 Å². The van der Waals surface area contributed by atoms with Crippen LogP contribution in [0.1, 0.15) is 38.7 Å². The molecule has 1 N–H and O–H groups in total. The highest BCUT2D eigenvalue weighted by atomic mass is 19.3. The van der Waals surface area contributed by atoms with E-state index < -0.39 is 12.0 Å². The summed E-state index contributed by atoms with van der Waals surface area (Å²) in [5.74, 6) is 1.43. The van der Waals surface area contributed by atoms with Crippen LogP contribution < -0.4 is 14.4 Å². The molecular formula is C24H28F2N4O3. The van der Waals surface area contributed by atoms with Crippen LogP contribution in [0.25, 0.3) is 22.0 Å². The Morgan fingerprint density at radius 1 is 1.06 bits per heavy atom. The normalized spacial score (nSPS) is 15.3. The van der Waals surface area contributed by atoms with E-state index in [2.05, 4.69) is 15.2 Å². The monoisotopic (exact) mass is 458 g/mol. The van der Waals surface area contributed by atoms with Crippen LogP contribution in [-0.2, 0) is 0 Å². The number of rotatable bonds is 6. The molecule has 3 heterocycles. The zero-order valence-electron chi connectivity index (χ0n) is 19.2. The first-order chi connectivity index (χ1) is 15.7. The number of nitrogens with zero attached hydrogens (tertiary/aromatic N) is 4. The van der Waals surface area contributed by atoms with E-state index in [0.29, 0.717) is 46.6 Å². The SMILES string of the molecule is COc1cc2nncc(-c3cnc(N4CCC(C(C)(C)O)CC4)c(C(F)F)c3)c2cc1OC. The first-order valence-electron chi connectivity index (χ1n) is 10.9. The zero-order valence-corrected chi connectivity index (χ0v) is 19.2. The largest absolute Gasteiger partial charge is 0.493 e. The Labute approximate surface area is 191 Å². The van der Waals surface area contributed by atoms with Gasteiger partial charge in [0.2, 0.25) is 0 Å². The van der Waals surface area contributed by atoms with Crippen LogP contribution in [0.5, 0.6) is 11.5 Å². The molecule has 0 saturated carbocycles. The minimum atomic E-state index is -2.69. The lowest BCUT2D eigenvalue weighted by atomic mass is 9.83. The van der Waals surface area contributed by atoms with E-state index >= 15 is 0 Å². The maximum absolute atomic E-state index is 14.1. The van der Waals surface area contributed by atoms with Gasteiger partial charge in [0, 0.05) is 41.9 Å². The standard InChI is InChI=1S/C24H28F2N4O3/c1-24(2,31)15-5-7-30(8-6-15)23-17(22(25)26)9-14(12-27-23)18-13-28-29-19-11-21(33-4)20(32-3)10-16(18)19/h9-13,15,22,31H,5-8H2,1-4H3. The van der Waals surface area contributed by atoms with Gasteiger partial charge in [0.15, 0.2) is 11.5 Å². The molecule has 0 aliphatic carbocycles. The molecule has 0 spiro atoms. The lowest BCUT2D eigenvalue weighted by Crippen LogP contribution is -2.42. The maximum Gasteiger partial charge on any atom is 0.267 e. The van der Waals surface area contributed by atoms with Gasteiger partial charge in [0.1, 0.15) is 5.82 Å². The molecule has 3 aromatic rings. The Hall–Kier alpha value is -3.07. The third kappa shape index (κ3) is 4.55. The molecule has 1 fully saturated rings. The van der Waals surface area contributed by atoms with Crippen molar-refractivity contribution in [2.45, 2.75) is 38.7 Å². The van der Waals surface area contributed by atoms with Gasteiger partial charge in [0.25, 0.3) is 6.43 Å². The summed E-state index contributed by atoms with van der Waals surface area (Å²) in [5.41, 5.74) is 0.796. The Morgan fingerprint density at radius 2 is 1.73 bits per heavy atom. The van der Waals surface area contributed by atoms with E-state index in [4.69, 9.17) is 9.47 Å². The summed E-state index contributed by atoms with van der Waals surface area (Å²) in [6.45, 7) is 4.72. The predicted octanol–water partition coefficient (Wildman–Crippen LogP) is 4.63. The fourth-order valence-electron chi connectivity index (χ4n) is 4.46. The summed E-state index contributed by atoms with van der Waals surface area (Å²) >= 11 is 0. The molecule has 0 unspecified atom stereocenters. The molecular weight excluding hydrogens is 430 g/mol. The molecule has 7 nitrogen and oxygen atoms in total. The van der Waals surface area contributed by atoms with Crippen LogP contribution in [0.3, 0.4) is 0 Å². The van der Waals surface area contributed by atoms with Crippen molar-refractivity contribution in [2.75, 3.05) is 32.2 Å². The number of benzene rings is 1. The van der Waals surface area contributed by atoms with Gasteiger partial charge in [-0.2, -0.15) is 10.2 Å². The minimum absolute atomic E-state index is 0.125. The van der Waals surface area contributed by atoms with Crippen molar-refractivity contribution < 1.29 is 23.4 Å². The van der Waals surface area contributed by atoms with E-state index in [9.17, 15) is 13.9 Å². The summed E-state index contributed by atoms with van der Waals surface area (Å²) in [6, 6.07) is 4.94. The average Bonchev–Trinajstić information content (AvgIpc) is 2.81. The molecule has 1 aromatic carbocycles. The number of alkyl halides is 2. The second kappa shape index (κ2) is 9.05. The van der Waals surface area contributed by atoms with Crippen molar-refractivity contribution >= 4 is 16.7 Å². The highest BCUT2D eigenvalue weighted by Gasteiger charge is 2.32. The number of hydrogen-bond acceptors (Lipinski definition) is 7.